The van der Waals surface area contributed by atoms with Crippen molar-refractivity contribution in [2.45, 2.75) is 44.6 Å². The molecule has 1 aromatic carbocycles. The summed E-state index contributed by atoms with van der Waals surface area (Å²) in [6.45, 7) is 7.09. The lowest BCUT2D eigenvalue weighted by atomic mass is 10.0. The molecule has 0 heterocycles. The first-order valence-electron chi connectivity index (χ1n) is 7.12. The third kappa shape index (κ3) is 5.08. The Hall–Kier alpha value is -0.580. The highest BCUT2D eigenvalue weighted by Gasteiger charge is 2.24. The van der Waals surface area contributed by atoms with Gasteiger partial charge in [0.25, 0.3) is 0 Å². The van der Waals surface area contributed by atoms with Gasteiger partial charge in [0.15, 0.2) is 9.84 Å². The molecule has 0 spiro atoms. The van der Waals surface area contributed by atoms with Gasteiger partial charge in [-0.15, -0.1) is 0 Å². The quantitative estimate of drug-likeness (QED) is 0.798. The van der Waals surface area contributed by atoms with Gasteiger partial charge < -0.3 is 5.32 Å². The number of halogens is 1. The molecule has 0 saturated carbocycles. The van der Waals surface area contributed by atoms with Gasteiger partial charge in [-0.1, -0.05) is 38.8 Å². The van der Waals surface area contributed by atoms with Crippen LogP contribution in [-0.4, -0.2) is 26.8 Å². The summed E-state index contributed by atoms with van der Waals surface area (Å²) < 4.78 is 24.9. The summed E-state index contributed by atoms with van der Waals surface area (Å²) in [5.74, 6) is 0.451. The van der Waals surface area contributed by atoms with E-state index in [2.05, 4.69) is 26.1 Å². The van der Waals surface area contributed by atoms with E-state index in [0.29, 0.717) is 15.8 Å². The van der Waals surface area contributed by atoms with Gasteiger partial charge in [-0.25, -0.2) is 8.42 Å². The first-order valence-corrected chi connectivity index (χ1v) is 9.15. The van der Waals surface area contributed by atoms with Gasteiger partial charge in [-0.05, 0) is 43.1 Å². The van der Waals surface area contributed by atoms with Crippen molar-refractivity contribution in [3.05, 3.63) is 29.3 Å². The van der Waals surface area contributed by atoms with Gasteiger partial charge in [0.05, 0.1) is 10.6 Å². The van der Waals surface area contributed by atoms with Gasteiger partial charge >= 0.3 is 0 Å². The SMILES string of the molecule is CCCNC(CS(=O)(=O)c1ccc(Cl)cc1)C(C)CC. The molecule has 1 N–H and O–H groups in total. The summed E-state index contributed by atoms with van der Waals surface area (Å²) >= 11 is 5.80. The minimum absolute atomic E-state index is 0.0133. The molecule has 0 radical (unpaired) electrons. The van der Waals surface area contributed by atoms with Gasteiger partial charge in [0.2, 0.25) is 0 Å². The Balaban J connectivity index is 2.87. The highest BCUT2D eigenvalue weighted by Crippen LogP contribution is 2.19. The number of nitrogens with one attached hydrogen (secondary N) is 1. The van der Waals surface area contributed by atoms with E-state index in [1.54, 1.807) is 24.3 Å². The molecule has 0 aliphatic rings. The molecule has 0 aliphatic carbocycles. The third-order valence-electron chi connectivity index (χ3n) is 3.56. The van der Waals surface area contributed by atoms with Crippen LogP contribution in [-0.2, 0) is 9.84 Å². The van der Waals surface area contributed by atoms with Gasteiger partial charge in [-0.2, -0.15) is 0 Å². The summed E-state index contributed by atoms with van der Waals surface area (Å²) in [5, 5.41) is 3.90. The van der Waals surface area contributed by atoms with Crippen LogP contribution >= 0.6 is 11.6 Å². The Bertz CT molecular complexity index is 499. The minimum Gasteiger partial charge on any atom is -0.313 e. The topological polar surface area (TPSA) is 46.2 Å². The van der Waals surface area contributed by atoms with E-state index in [1.165, 1.54) is 0 Å². The molecule has 2 atom stereocenters. The minimum atomic E-state index is -3.28. The average Bonchev–Trinajstić information content (AvgIpc) is 2.43. The van der Waals surface area contributed by atoms with E-state index in [0.717, 1.165) is 19.4 Å². The van der Waals surface area contributed by atoms with Crippen LogP contribution in [0, 0.1) is 5.92 Å². The molecule has 0 bridgehead atoms. The summed E-state index contributed by atoms with van der Waals surface area (Å²) in [4.78, 5) is 0.341. The number of benzene rings is 1. The Morgan fingerprint density at radius 2 is 1.80 bits per heavy atom. The van der Waals surface area contributed by atoms with E-state index in [-0.39, 0.29) is 11.8 Å². The molecule has 0 fully saturated rings. The van der Waals surface area contributed by atoms with E-state index in [1.807, 2.05) is 0 Å². The molecule has 5 heteroatoms. The van der Waals surface area contributed by atoms with E-state index < -0.39 is 9.84 Å². The smallest absolute Gasteiger partial charge is 0.179 e. The molecule has 2 unspecified atom stereocenters. The van der Waals surface area contributed by atoms with Crippen LogP contribution < -0.4 is 5.32 Å². The van der Waals surface area contributed by atoms with Gasteiger partial charge in [0.1, 0.15) is 0 Å². The monoisotopic (exact) mass is 317 g/mol. The lowest BCUT2D eigenvalue weighted by molar-refractivity contribution is 0.391. The highest BCUT2D eigenvalue weighted by molar-refractivity contribution is 7.91. The predicted octanol–water partition coefficient (Wildman–Crippen LogP) is 3.53. The van der Waals surface area contributed by atoms with Gasteiger partial charge in [-0.3, -0.25) is 0 Å². The molecular formula is C15H24ClNO2S. The van der Waals surface area contributed by atoms with Crippen LogP contribution in [0.15, 0.2) is 29.2 Å². The fourth-order valence-corrected chi connectivity index (χ4v) is 3.80. The first-order chi connectivity index (χ1) is 9.40. The van der Waals surface area contributed by atoms with Crippen LogP contribution in [0.4, 0.5) is 0 Å². The zero-order valence-corrected chi connectivity index (χ0v) is 14.0. The maximum absolute atomic E-state index is 12.5. The summed E-state index contributed by atoms with van der Waals surface area (Å²) in [6.07, 6.45) is 1.95. The molecule has 0 aromatic heterocycles. The van der Waals surface area contributed by atoms with E-state index in [9.17, 15) is 8.42 Å². The second kappa shape index (κ2) is 8.01. The third-order valence-corrected chi connectivity index (χ3v) is 5.60. The van der Waals surface area contributed by atoms with Gasteiger partial charge in [0, 0.05) is 11.1 Å². The normalized spacial score (nSPS) is 15.0. The van der Waals surface area contributed by atoms with Crippen molar-refractivity contribution in [1.82, 2.24) is 5.32 Å². The summed E-state index contributed by atoms with van der Waals surface area (Å²) in [5.41, 5.74) is 0. The second-order valence-electron chi connectivity index (χ2n) is 5.18. The Labute approximate surface area is 127 Å². The molecule has 20 heavy (non-hydrogen) atoms. The molecule has 3 nitrogen and oxygen atoms in total. The van der Waals surface area contributed by atoms with Crippen molar-refractivity contribution in [2.24, 2.45) is 5.92 Å². The molecule has 1 rings (SSSR count). The fraction of sp³-hybridized carbons (Fsp3) is 0.600. The lowest BCUT2D eigenvalue weighted by Gasteiger charge is -2.24. The van der Waals surface area contributed by atoms with E-state index >= 15 is 0 Å². The average molecular weight is 318 g/mol. The van der Waals surface area contributed by atoms with Crippen LogP contribution in [0.5, 0.6) is 0 Å². The number of rotatable bonds is 8. The second-order valence-corrected chi connectivity index (χ2v) is 7.65. The van der Waals surface area contributed by atoms with Crippen molar-refractivity contribution >= 4 is 21.4 Å². The van der Waals surface area contributed by atoms with Crippen molar-refractivity contribution < 1.29 is 8.42 Å². The Kier molecular flexibility index (Phi) is 7.00. The summed E-state index contributed by atoms with van der Waals surface area (Å²) in [7, 11) is -3.28. The maximum atomic E-state index is 12.5. The van der Waals surface area contributed by atoms with Crippen molar-refractivity contribution in [3.8, 4) is 0 Å². The Morgan fingerprint density at radius 1 is 1.20 bits per heavy atom. The molecular weight excluding hydrogens is 294 g/mol. The standard InChI is InChI=1S/C15H24ClNO2S/c1-4-10-17-15(12(3)5-2)11-20(18,19)14-8-6-13(16)7-9-14/h6-9,12,15,17H,4-5,10-11H2,1-3H3. The van der Waals surface area contributed by atoms with E-state index in [4.69, 9.17) is 11.6 Å². The zero-order chi connectivity index (χ0) is 15.2. The number of hydrogen-bond acceptors (Lipinski definition) is 3. The number of hydrogen-bond donors (Lipinski definition) is 1. The van der Waals surface area contributed by atoms with Crippen LogP contribution in [0.1, 0.15) is 33.6 Å². The lowest BCUT2D eigenvalue weighted by Crippen LogP contribution is -2.41. The van der Waals surface area contributed by atoms with Crippen LogP contribution in [0.3, 0.4) is 0 Å². The fourth-order valence-electron chi connectivity index (χ4n) is 2.01. The zero-order valence-electron chi connectivity index (χ0n) is 12.4. The number of sulfone groups is 1. The molecule has 0 aliphatic heterocycles. The molecule has 1 aromatic rings. The van der Waals surface area contributed by atoms with Crippen molar-refractivity contribution in [3.63, 3.8) is 0 Å². The van der Waals surface area contributed by atoms with Crippen LogP contribution in [0.2, 0.25) is 5.02 Å². The van der Waals surface area contributed by atoms with Crippen molar-refractivity contribution in [1.29, 1.82) is 0 Å². The first kappa shape index (κ1) is 17.5. The Morgan fingerprint density at radius 3 is 2.30 bits per heavy atom. The molecule has 0 saturated heterocycles. The largest absolute Gasteiger partial charge is 0.313 e. The molecule has 0 amide bonds. The highest BCUT2D eigenvalue weighted by atomic mass is 35.5. The molecule has 114 valence electrons. The van der Waals surface area contributed by atoms with Crippen molar-refractivity contribution in [2.75, 3.05) is 12.3 Å². The van der Waals surface area contributed by atoms with Crippen LogP contribution in [0.25, 0.3) is 0 Å². The predicted molar refractivity (Wildman–Crippen MR) is 85.0 cm³/mol. The summed E-state index contributed by atoms with van der Waals surface area (Å²) in [6, 6.07) is 6.37. The maximum Gasteiger partial charge on any atom is 0.179 e.